The molecule has 1 amide bonds. The molecule has 0 aliphatic carbocycles. The smallest absolute Gasteiger partial charge is 0.271 e. The van der Waals surface area contributed by atoms with Crippen molar-refractivity contribution in [2.45, 2.75) is 53.4 Å². The van der Waals surface area contributed by atoms with E-state index < -0.39 is 0 Å². The number of amides is 1. The second kappa shape index (κ2) is 8.60. The molecular weight excluding hydrogens is 264 g/mol. The fraction of sp³-hybridized carbons (Fsp3) is 0.688. The van der Waals surface area contributed by atoms with Crippen molar-refractivity contribution >= 4 is 11.7 Å². The highest BCUT2D eigenvalue weighted by Gasteiger charge is 2.19. The van der Waals surface area contributed by atoms with Gasteiger partial charge in [-0.1, -0.05) is 40.0 Å². The van der Waals surface area contributed by atoms with Gasteiger partial charge in [-0.15, -0.1) is 0 Å². The Balaban J connectivity index is 2.51. The minimum absolute atomic E-state index is 0.109. The van der Waals surface area contributed by atoms with E-state index in [0.717, 1.165) is 13.0 Å². The molecule has 1 aromatic rings. The number of rotatable bonds is 9. The lowest BCUT2D eigenvalue weighted by Gasteiger charge is -2.24. The molecule has 1 rings (SSSR count). The topological polar surface area (TPSA) is 66.9 Å². The normalized spacial score (nSPS) is 11.2. The highest BCUT2D eigenvalue weighted by molar-refractivity contribution is 5.92. The zero-order chi connectivity index (χ0) is 15.7. The first kappa shape index (κ1) is 17.4. The standard InChI is InChI=1S/C16H28N4O/c1-5-7-8-9-16(3,4)12-19-15(21)13-10-17-11-14(20-13)18-6-2/h10-11H,5-9,12H2,1-4H3,(H,18,20)(H,19,21). The van der Waals surface area contributed by atoms with E-state index in [4.69, 9.17) is 0 Å². The summed E-state index contributed by atoms with van der Waals surface area (Å²) in [5.41, 5.74) is 0.468. The predicted octanol–water partition coefficient (Wildman–Crippen LogP) is 3.24. The van der Waals surface area contributed by atoms with Crippen LogP contribution in [-0.4, -0.2) is 29.0 Å². The van der Waals surface area contributed by atoms with Gasteiger partial charge >= 0.3 is 0 Å². The van der Waals surface area contributed by atoms with E-state index in [1.807, 2.05) is 6.92 Å². The average molecular weight is 292 g/mol. The number of anilines is 1. The zero-order valence-electron chi connectivity index (χ0n) is 13.7. The summed E-state index contributed by atoms with van der Waals surface area (Å²) in [5.74, 6) is 0.471. The van der Waals surface area contributed by atoms with Crippen LogP contribution in [0, 0.1) is 5.41 Å². The van der Waals surface area contributed by atoms with Crippen molar-refractivity contribution in [1.82, 2.24) is 15.3 Å². The van der Waals surface area contributed by atoms with Gasteiger partial charge in [-0.25, -0.2) is 4.98 Å². The SMILES string of the molecule is CCCCCC(C)(C)CNC(=O)c1cncc(NCC)n1. The molecular formula is C16H28N4O. The first-order chi connectivity index (χ1) is 9.98. The molecule has 0 spiro atoms. The Bertz CT molecular complexity index is 446. The van der Waals surface area contributed by atoms with Crippen molar-refractivity contribution in [1.29, 1.82) is 0 Å². The lowest BCUT2D eigenvalue weighted by Crippen LogP contribution is -2.34. The maximum atomic E-state index is 12.1. The fourth-order valence-electron chi connectivity index (χ4n) is 2.09. The highest BCUT2D eigenvalue weighted by Crippen LogP contribution is 2.22. The van der Waals surface area contributed by atoms with Gasteiger partial charge in [0, 0.05) is 13.1 Å². The van der Waals surface area contributed by atoms with Crippen LogP contribution >= 0.6 is 0 Å². The molecule has 0 aliphatic heterocycles. The maximum absolute atomic E-state index is 12.1. The third-order valence-electron chi connectivity index (χ3n) is 3.41. The van der Waals surface area contributed by atoms with Gasteiger partial charge in [0.05, 0.1) is 12.4 Å². The largest absolute Gasteiger partial charge is 0.369 e. The van der Waals surface area contributed by atoms with Crippen molar-refractivity contribution in [3.63, 3.8) is 0 Å². The van der Waals surface area contributed by atoms with Crippen LogP contribution in [0.25, 0.3) is 0 Å². The van der Waals surface area contributed by atoms with Crippen molar-refractivity contribution in [2.75, 3.05) is 18.4 Å². The molecule has 118 valence electrons. The first-order valence-electron chi connectivity index (χ1n) is 7.82. The summed E-state index contributed by atoms with van der Waals surface area (Å²) in [6, 6.07) is 0. The number of carbonyl (C=O) groups is 1. The molecule has 1 aromatic heterocycles. The molecule has 0 aromatic carbocycles. The third kappa shape index (κ3) is 6.56. The van der Waals surface area contributed by atoms with E-state index >= 15 is 0 Å². The summed E-state index contributed by atoms with van der Waals surface area (Å²) >= 11 is 0. The lowest BCUT2D eigenvalue weighted by molar-refractivity contribution is 0.0928. The molecule has 1 heterocycles. The number of unbranched alkanes of at least 4 members (excludes halogenated alkanes) is 2. The van der Waals surface area contributed by atoms with Crippen molar-refractivity contribution < 1.29 is 4.79 Å². The maximum Gasteiger partial charge on any atom is 0.271 e. The molecule has 0 bridgehead atoms. The number of nitrogens with one attached hydrogen (secondary N) is 2. The van der Waals surface area contributed by atoms with Gasteiger partial charge in [-0.3, -0.25) is 9.78 Å². The van der Waals surface area contributed by atoms with E-state index in [1.165, 1.54) is 25.5 Å². The van der Waals surface area contributed by atoms with Crippen LogP contribution in [0.1, 0.15) is 63.9 Å². The predicted molar refractivity (Wildman–Crippen MR) is 86.5 cm³/mol. The molecule has 2 N–H and O–H groups in total. The molecule has 0 saturated carbocycles. The van der Waals surface area contributed by atoms with Crippen LogP contribution < -0.4 is 10.6 Å². The van der Waals surface area contributed by atoms with E-state index in [-0.39, 0.29) is 11.3 Å². The quantitative estimate of drug-likeness (QED) is 0.686. The molecule has 0 saturated heterocycles. The van der Waals surface area contributed by atoms with E-state index in [9.17, 15) is 4.79 Å². The monoisotopic (exact) mass is 292 g/mol. The Morgan fingerprint density at radius 2 is 2.00 bits per heavy atom. The van der Waals surface area contributed by atoms with Crippen LogP contribution in [0.5, 0.6) is 0 Å². The van der Waals surface area contributed by atoms with Gasteiger partial charge in [-0.2, -0.15) is 0 Å². The molecule has 21 heavy (non-hydrogen) atoms. The highest BCUT2D eigenvalue weighted by atomic mass is 16.1. The molecule has 0 fully saturated rings. The van der Waals surface area contributed by atoms with Crippen LogP contribution in [0.15, 0.2) is 12.4 Å². The molecule has 0 aliphatic rings. The Labute approximate surface area is 128 Å². The van der Waals surface area contributed by atoms with Crippen LogP contribution in [0.3, 0.4) is 0 Å². The van der Waals surface area contributed by atoms with Crippen LogP contribution in [0.4, 0.5) is 5.82 Å². The van der Waals surface area contributed by atoms with Gasteiger partial charge in [0.2, 0.25) is 0 Å². The summed E-state index contributed by atoms with van der Waals surface area (Å²) in [6.45, 7) is 9.96. The lowest BCUT2D eigenvalue weighted by atomic mass is 9.87. The minimum Gasteiger partial charge on any atom is -0.369 e. The summed E-state index contributed by atoms with van der Waals surface area (Å²) in [4.78, 5) is 20.4. The Hall–Kier alpha value is -1.65. The van der Waals surface area contributed by atoms with E-state index in [0.29, 0.717) is 18.1 Å². The van der Waals surface area contributed by atoms with Crippen LogP contribution in [-0.2, 0) is 0 Å². The average Bonchev–Trinajstić information content (AvgIpc) is 2.46. The number of nitrogens with zero attached hydrogens (tertiary/aromatic N) is 2. The Morgan fingerprint density at radius 1 is 1.24 bits per heavy atom. The van der Waals surface area contributed by atoms with Gasteiger partial charge in [-0.05, 0) is 18.8 Å². The second-order valence-corrected chi connectivity index (χ2v) is 6.12. The Kier molecular flexibility index (Phi) is 7.12. The molecule has 0 radical (unpaired) electrons. The summed E-state index contributed by atoms with van der Waals surface area (Å²) in [5, 5.41) is 6.02. The van der Waals surface area contributed by atoms with Gasteiger partial charge in [0.15, 0.2) is 0 Å². The molecule has 5 heteroatoms. The van der Waals surface area contributed by atoms with Gasteiger partial charge < -0.3 is 10.6 Å². The van der Waals surface area contributed by atoms with Crippen molar-refractivity contribution in [2.24, 2.45) is 5.41 Å². The third-order valence-corrected chi connectivity index (χ3v) is 3.41. The number of hydrogen-bond donors (Lipinski definition) is 2. The van der Waals surface area contributed by atoms with Crippen molar-refractivity contribution in [3.8, 4) is 0 Å². The summed E-state index contributed by atoms with van der Waals surface area (Å²) < 4.78 is 0. The van der Waals surface area contributed by atoms with Crippen LogP contribution in [0.2, 0.25) is 0 Å². The van der Waals surface area contributed by atoms with Crippen molar-refractivity contribution in [3.05, 3.63) is 18.1 Å². The zero-order valence-corrected chi connectivity index (χ0v) is 13.7. The molecule has 0 unspecified atom stereocenters. The summed E-state index contributed by atoms with van der Waals surface area (Å²) in [6.07, 6.45) is 7.90. The second-order valence-electron chi connectivity index (χ2n) is 6.12. The fourth-order valence-corrected chi connectivity index (χ4v) is 2.09. The first-order valence-corrected chi connectivity index (χ1v) is 7.82. The summed E-state index contributed by atoms with van der Waals surface area (Å²) in [7, 11) is 0. The van der Waals surface area contributed by atoms with Gasteiger partial charge in [0.25, 0.3) is 5.91 Å². The Morgan fingerprint density at radius 3 is 2.67 bits per heavy atom. The number of hydrogen-bond acceptors (Lipinski definition) is 4. The minimum atomic E-state index is -0.161. The molecule has 5 nitrogen and oxygen atoms in total. The van der Waals surface area contributed by atoms with E-state index in [2.05, 4.69) is 41.4 Å². The van der Waals surface area contributed by atoms with Gasteiger partial charge in [0.1, 0.15) is 11.5 Å². The molecule has 0 atom stereocenters. The number of aromatic nitrogens is 2. The number of carbonyl (C=O) groups excluding carboxylic acids is 1. The van der Waals surface area contributed by atoms with E-state index in [1.54, 1.807) is 6.20 Å².